The van der Waals surface area contributed by atoms with E-state index in [-0.39, 0.29) is 18.9 Å². The number of phenolic OH excluding ortho intramolecular Hbond substituents is 1. The van der Waals surface area contributed by atoms with E-state index >= 15 is 0 Å². The van der Waals surface area contributed by atoms with Crippen molar-refractivity contribution >= 4 is 0 Å². The molecule has 0 amide bonds. The predicted octanol–water partition coefficient (Wildman–Crippen LogP) is 0.624. The summed E-state index contributed by atoms with van der Waals surface area (Å²) in [6, 6.07) is 5.27. The highest BCUT2D eigenvalue weighted by atomic mass is 16.5. The lowest BCUT2D eigenvalue weighted by Crippen LogP contribution is -2.40. The number of ether oxygens (including phenoxy) is 1. The van der Waals surface area contributed by atoms with Gasteiger partial charge >= 0.3 is 0 Å². The molecule has 1 rings (SSSR count). The minimum absolute atomic E-state index is 0.107. The van der Waals surface area contributed by atoms with Crippen LogP contribution in [0.3, 0.4) is 0 Å². The Morgan fingerprint density at radius 3 is 2.72 bits per heavy atom. The monoisotopic (exact) mass is 255 g/mol. The molecular weight excluding hydrogens is 234 g/mol. The predicted molar refractivity (Wildman–Crippen MR) is 68.7 cm³/mol. The van der Waals surface area contributed by atoms with Gasteiger partial charge in [-0.2, -0.15) is 0 Å². The summed E-state index contributed by atoms with van der Waals surface area (Å²) in [5.41, 5.74) is -0.470. The van der Waals surface area contributed by atoms with Gasteiger partial charge in [0.1, 0.15) is 0 Å². The molecule has 0 fully saturated rings. The second kappa shape index (κ2) is 6.58. The summed E-state index contributed by atoms with van der Waals surface area (Å²) >= 11 is 0. The van der Waals surface area contributed by atoms with Gasteiger partial charge in [0.25, 0.3) is 0 Å². The Kier molecular flexibility index (Phi) is 5.40. The molecule has 5 heteroatoms. The van der Waals surface area contributed by atoms with E-state index in [1.807, 2.05) is 6.92 Å². The highest BCUT2D eigenvalue weighted by molar-refractivity contribution is 5.45. The third kappa shape index (κ3) is 4.18. The number of aliphatic hydroxyl groups excluding tert-OH is 1. The zero-order valence-electron chi connectivity index (χ0n) is 10.8. The van der Waals surface area contributed by atoms with Gasteiger partial charge in [0, 0.05) is 18.7 Å². The van der Waals surface area contributed by atoms with Crippen molar-refractivity contribution in [1.82, 2.24) is 5.32 Å². The molecule has 102 valence electrons. The molecule has 0 saturated heterocycles. The van der Waals surface area contributed by atoms with Crippen LogP contribution in [-0.4, -0.2) is 40.7 Å². The van der Waals surface area contributed by atoms with E-state index in [0.29, 0.717) is 24.5 Å². The minimum Gasteiger partial charge on any atom is -0.504 e. The Bertz CT molecular complexity index is 379. The fourth-order valence-electron chi connectivity index (χ4n) is 1.50. The molecule has 1 atom stereocenters. The number of phenols is 1. The van der Waals surface area contributed by atoms with Crippen LogP contribution in [0.25, 0.3) is 0 Å². The average molecular weight is 255 g/mol. The maximum atomic E-state index is 9.93. The van der Waals surface area contributed by atoms with E-state index in [1.54, 1.807) is 18.2 Å². The van der Waals surface area contributed by atoms with Gasteiger partial charge in [0.2, 0.25) is 0 Å². The second-order valence-electron chi connectivity index (χ2n) is 4.46. The van der Waals surface area contributed by atoms with Crippen LogP contribution in [-0.2, 0) is 6.54 Å². The van der Waals surface area contributed by atoms with Crippen LogP contribution in [0, 0.1) is 0 Å². The number of para-hydroxylation sites is 1. The van der Waals surface area contributed by atoms with Crippen molar-refractivity contribution in [1.29, 1.82) is 0 Å². The van der Waals surface area contributed by atoms with E-state index < -0.39 is 5.60 Å². The molecule has 0 aliphatic heterocycles. The van der Waals surface area contributed by atoms with Crippen LogP contribution in [0.5, 0.6) is 11.5 Å². The lowest BCUT2D eigenvalue weighted by molar-refractivity contribution is 0.00250. The fraction of sp³-hybridized carbons (Fsp3) is 0.538. The number of aromatic hydroxyl groups is 1. The van der Waals surface area contributed by atoms with Crippen LogP contribution in [0.2, 0.25) is 0 Å². The third-order valence-electron chi connectivity index (χ3n) is 2.54. The van der Waals surface area contributed by atoms with E-state index in [2.05, 4.69) is 5.32 Å². The number of aliphatic hydroxyl groups is 2. The van der Waals surface area contributed by atoms with E-state index in [9.17, 15) is 10.2 Å². The first-order valence-electron chi connectivity index (χ1n) is 5.98. The van der Waals surface area contributed by atoms with Crippen molar-refractivity contribution in [3.05, 3.63) is 23.8 Å². The molecule has 0 aliphatic carbocycles. The number of hydrogen-bond donors (Lipinski definition) is 4. The molecule has 18 heavy (non-hydrogen) atoms. The molecular formula is C13H21NO4. The van der Waals surface area contributed by atoms with Gasteiger partial charge in [-0.15, -0.1) is 0 Å². The fourth-order valence-corrected chi connectivity index (χ4v) is 1.50. The largest absolute Gasteiger partial charge is 0.504 e. The van der Waals surface area contributed by atoms with Crippen LogP contribution in [0.4, 0.5) is 0 Å². The summed E-state index contributed by atoms with van der Waals surface area (Å²) in [5, 5.41) is 31.4. The Hall–Kier alpha value is -1.30. The van der Waals surface area contributed by atoms with Gasteiger partial charge in [-0.05, 0) is 19.9 Å². The van der Waals surface area contributed by atoms with Crippen molar-refractivity contribution in [2.24, 2.45) is 0 Å². The van der Waals surface area contributed by atoms with Gasteiger partial charge < -0.3 is 25.4 Å². The topological polar surface area (TPSA) is 82.0 Å². The molecule has 0 aromatic heterocycles. The van der Waals surface area contributed by atoms with Crippen molar-refractivity contribution < 1.29 is 20.1 Å². The first-order valence-corrected chi connectivity index (χ1v) is 5.98. The number of hydrogen-bond acceptors (Lipinski definition) is 5. The third-order valence-corrected chi connectivity index (χ3v) is 2.54. The average Bonchev–Trinajstić information content (AvgIpc) is 2.34. The van der Waals surface area contributed by atoms with Gasteiger partial charge in [0.05, 0.1) is 18.8 Å². The first-order chi connectivity index (χ1) is 8.50. The molecule has 0 heterocycles. The van der Waals surface area contributed by atoms with Crippen molar-refractivity contribution in [2.45, 2.75) is 26.0 Å². The lowest BCUT2D eigenvalue weighted by atomic mass is 10.1. The molecule has 0 saturated carbocycles. The smallest absolute Gasteiger partial charge is 0.162 e. The zero-order valence-corrected chi connectivity index (χ0v) is 10.8. The molecule has 0 bridgehead atoms. The quantitative estimate of drug-likeness (QED) is 0.574. The van der Waals surface area contributed by atoms with Gasteiger partial charge in [-0.1, -0.05) is 12.1 Å². The standard InChI is InChI=1S/C13H21NO4/c1-3-18-11-6-4-5-10(12(11)16)7-14-8-13(2,17)9-15/h4-6,14-17H,3,7-9H2,1-2H3. The van der Waals surface area contributed by atoms with Gasteiger partial charge in [0.15, 0.2) is 11.5 Å². The van der Waals surface area contributed by atoms with Crippen LogP contribution in [0.15, 0.2) is 18.2 Å². The van der Waals surface area contributed by atoms with E-state index in [0.717, 1.165) is 0 Å². The SMILES string of the molecule is CCOc1cccc(CNCC(C)(O)CO)c1O. The van der Waals surface area contributed by atoms with Gasteiger partial charge in [-0.25, -0.2) is 0 Å². The Balaban J connectivity index is 2.60. The molecule has 5 nitrogen and oxygen atoms in total. The second-order valence-corrected chi connectivity index (χ2v) is 4.46. The summed E-state index contributed by atoms with van der Waals surface area (Å²) in [5.74, 6) is 0.557. The molecule has 0 spiro atoms. The molecule has 0 aliphatic rings. The number of benzene rings is 1. The number of nitrogens with one attached hydrogen (secondary N) is 1. The highest BCUT2D eigenvalue weighted by Crippen LogP contribution is 2.29. The summed E-state index contributed by atoms with van der Waals surface area (Å²) < 4.78 is 5.28. The van der Waals surface area contributed by atoms with E-state index in [1.165, 1.54) is 6.92 Å². The summed E-state index contributed by atoms with van der Waals surface area (Å²) in [4.78, 5) is 0. The Morgan fingerprint density at radius 1 is 1.39 bits per heavy atom. The summed E-state index contributed by atoms with van der Waals surface area (Å²) in [7, 11) is 0. The Morgan fingerprint density at radius 2 is 2.11 bits per heavy atom. The Labute approximate surface area is 107 Å². The van der Waals surface area contributed by atoms with Crippen molar-refractivity contribution in [3.63, 3.8) is 0 Å². The van der Waals surface area contributed by atoms with Gasteiger partial charge in [-0.3, -0.25) is 0 Å². The van der Waals surface area contributed by atoms with Crippen LogP contribution < -0.4 is 10.1 Å². The summed E-state index contributed by atoms with van der Waals surface area (Å²) in [6.07, 6.45) is 0. The van der Waals surface area contributed by atoms with Crippen molar-refractivity contribution in [3.8, 4) is 11.5 Å². The summed E-state index contributed by atoms with van der Waals surface area (Å²) in [6.45, 7) is 4.19. The lowest BCUT2D eigenvalue weighted by Gasteiger charge is -2.21. The normalized spacial score (nSPS) is 14.2. The highest BCUT2D eigenvalue weighted by Gasteiger charge is 2.18. The minimum atomic E-state index is -1.16. The first kappa shape index (κ1) is 14.8. The maximum absolute atomic E-state index is 9.93. The zero-order chi connectivity index (χ0) is 13.6. The molecule has 1 unspecified atom stereocenters. The van der Waals surface area contributed by atoms with Crippen LogP contribution >= 0.6 is 0 Å². The van der Waals surface area contributed by atoms with Crippen LogP contribution in [0.1, 0.15) is 19.4 Å². The molecule has 1 aromatic rings. The van der Waals surface area contributed by atoms with Crippen molar-refractivity contribution in [2.75, 3.05) is 19.8 Å². The van der Waals surface area contributed by atoms with E-state index in [4.69, 9.17) is 9.84 Å². The number of rotatable bonds is 7. The maximum Gasteiger partial charge on any atom is 0.162 e. The molecule has 4 N–H and O–H groups in total. The molecule has 1 aromatic carbocycles. The molecule has 0 radical (unpaired) electrons.